The average molecular weight is 208 g/mol. The third kappa shape index (κ3) is 2.67. The predicted molar refractivity (Wildman–Crippen MR) is 58.5 cm³/mol. The van der Waals surface area contributed by atoms with Gasteiger partial charge in [0.2, 0.25) is 0 Å². The lowest BCUT2D eigenvalue weighted by atomic mass is 9.76. The Kier molecular flexibility index (Phi) is 3.55. The van der Waals surface area contributed by atoms with Gasteiger partial charge in [-0.2, -0.15) is 0 Å². The van der Waals surface area contributed by atoms with Crippen molar-refractivity contribution in [3.05, 3.63) is 0 Å². The molecule has 0 aromatic heterocycles. The van der Waals surface area contributed by atoms with Gasteiger partial charge in [-0.3, -0.25) is 9.59 Å². The molecule has 0 radical (unpaired) electrons. The van der Waals surface area contributed by atoms with Gasteiger partial charge in [0.1, 0.15) is 11.6 Å². The SMILES string of the molecule is O=C1CCCC[C@@H]1C[C@@H]1CCCCC1=O. The summed E-state index contributed by atoms with van der Waals surface area (Å²) >= 11 is 0. The quantitative estimate of drug-likeness (QED) is 0.699. The minimum Gasteiger partial charge on any atom is -0.299 e. The number of hydrogen-bond donors (Lipinski definition) is 0. The number of Topliss-reactive ketones (excluding diaryl/α,β-unsaturated/α-hetero) is 2. The van der Waals surface area contributed by atoms with Crippen LogP contribution < -0.4 is 0 Å². The summed E-state index contributed by atoms with van der Waals surface area (Å²) in [5.74, 6) is 1.26. The largest absolute Gasteiger partial charge is 0.299 e. The van der Waals surface area contributed by atoms with Crippen molar-refractivity contribution in [3.8, 4) is 0 Å². The van der Waals surface area contributed by atoms with Gasteiger partial charge in [0.05, 0.1) is 0 Å². The van der Waals surface area contributed by atoms with Gasteiger partial charge in [-0.1, -0.05) is 12.8 Å². The highest BCUT2D eigenvalue weighted by molar-refractivity contribution is 5.84. The smallest absolute Gasteiger partial charge is 0.135 e. The van der Waals surface area contributed by atoms with Gasteiger partial charge in [0.15, 0.2) is 0 Å². The van der Waals surface area contributed by atoms with Crippen molar-refractivity contribution in [2.75, 3.05) is 0 Å². The first-order valence-electron chi connectivity index (χ1n) is 6.33. The highest BCUT2D eigenvalue weighted by Gasteiger charge is 2.29. The molecule has 2 saturated carbocycles. The minimum atomic E-state index is 0.214. The van der Waals surface area contributed by atoms with Gasteiger partial charge < -0.3 is 0 Å². The summed E-state index contributed by atoms with van der Waals surface area (Å²) < 4.78 is 0. The zero-order valence-corrected chi connectivity index (χ0v) is 9.34. The Morgan fingerprint density at radius 2 is 1.27 bits per heavy atom. The first kappa shape index (κ1) is 10.8. The van der Waals surface area contributed by atoms with E-state index in [2.05, 4.69) is 0 Å². The van der Waals surface area contributed by atoms with Crippen LogP contribution in [0.1, 0.15) is 57.8 Å². The second-order valence-corrected chi connectivity index (χ2v) is 5.05. The third-order valence-corrected chi connectivity index (χ3v) is 3.93. The van der Waals surface area contributed by atoms with Gasteiger partial charge >= 0.3 is 0 Å². The van der Waals surface area contributed by atoms with Crippen LogP contribution in [0.15, 0.2) is 0 Å². The molecule has 0 heterocycles. The molecule has 0 unspecified atom stereocenters. The summed E-state index contributed by atoms with van der Waals surface area (Å²) in [6, 6.07) is 0. The summed E-state index contributed by atoms with van der Waals surface area (Å²) in [5.41, 5.74) is 0. The average Bonchev–Trinajstić information content (AvgIpc) is 2.24. The van der Waals surface area contributed by atoms with Crippen LogP contribution in [0.4, 0.5) is 0 Å². The molecule has 0 aromatic rings. The molecule has 2 aliphatic rings. The fourth-order valence-electron chi connectivity index (χ4n) is 2.95. The molecule has 0 N–H and O–H groups in total. The lowest BCUT2D eigenvalue weighted by Crippen LogP contribution is -2.27. The molecule has 0 aromatic carbocycles. The highest BCUT2D eigenvalue weighted by Crippen LogP contribution is 2.31. The lowest BCUT2D eigenvalue weighted by Gasteiger charge is -2.27. The predicted octanol–water partition coefficient (Wildman–Crippen LogP) is 2.90. The van der Waals surface area contributed by atoms with E-state index < -0.39 is 0 Å². The number of ketones is 2. The Bertz CT molecular complexity index is 231. The van der Waals surface area contributed by atoms with E-state index in [9.17, 15) is 9.59 Å². The van der Waals surface area contributed by atoms with E-state index in [0.29, 0.717) is 11.6 Å². The van der Waals surface area contributed by atoms with Crippen LogP contribution in [-0.2, 0) is 9.59 Å². The van der Waals surface area contributed by atoms with E-state index in [0.717, 1.165) is 44.9 Å². The maximum atomic E-state index is 11.7. The molecular formula is C13H20O2. The van der Waals surface area contributed by atoms with E-state index in [1.54, 1.807) is 0 Å². The van der Waals surface area contributed by atoms with Crippen molar-refractivity contribution in [2.24, 2.45) is 11.8 Å². The van der Waals surface area contributed by atoms with Crippen LogP contribution in [0, 0.1) is 11.8 Å². The van der Waals surface area contributed by atoms with E-state index in [1.165, 1.54) is 12.8 Å². The molecule has 0 saturated heterocycles. The molecular weight excluding hydrogens is 188 g/mol. The molecule has 2 rings (SSSR count). The van der Waals surface area contributed by atoms with Crippen LogP contribution in [-0.4, -0.2) is 11.6 Å². The summed E-state index contributed by atoms with van der Waals surface area (Å²) in [4.78, 5) is 23.3. The van der Waals surface area contributed by atoms with Crippen LogP contribution in [0.25, 0.3) is 0 Å². The Morgan fingerprint density at radius 3 is 1.67 bits per heavy atom. The van der Waals surface area contributed by atoms with Gasteiger partial charge in [-0.05, 0) is 32.1 Å². The van der Waals surface area contributed by atoms with E-state index in [1.807, 2.05) is 0 Å². The monoisotopic (exact) mass is 208 g/mol. The van der Waals surface area contributed by atoms with Gasteiger partial charge in [0.25, 0.3) is 0 Å². The van der Waals surface area contributed by atoms with Gasteiger partial charge in [0, 0.05) is 24.7 Å². The van der Waals surface area contributed by atoms with Crippen molar-refractivity contribution in [2.45, 2.75) is 57.8 Å². The Balaban J connectivity index is 1.89. The topological polar surface area (TPSA) is 34.1 Å². The maximum absolute atomic E-state index is 11.7. The standard InChI is InChI=1S/C13H20O2/c14-12-7-3-1-5-10(12)9-11-6-2-4-8-13(11)15/h10-11H,1-9H2/t10-,11+. The van der Waals surface area contributed by atoms with Gasteiger partial charge in [-0.15, -0.1) is 0 Å². The fourth-order valence-corrected chi connectivity index (χ4v) is 2.95. The summed E-state index contributed by atoms with van der Waals surface area (Å²) in [6.07, 6.45) is 8.91. The maximum Gasteiger partial charge on any atom is 0.135 e. The van der Waals surface area contributed by atoms with Crippen molar-refractivity contribution in [1.29, 1.82) is 0 Å². The molecule has 84 valence electrons. The van der Waals surface area contributed by atoms with Crippen LogP contribution >= 0.6 is 0 Å². The zero-order chi connectivity index (χ0) is 10.7. The Hall–Kier alpha value is -0.660. The van der Waals surface area contributed by atoms with Crippen LogP contribution in [0.5, 0.6) is 0 Å². The summed E-state index contributed by atoms with van der Waals surface area (Å²) in [5, 5.41) is 0. The second-order valence-electron chi connectivity index (χ2n) is 5.05. The molecule has 2 nitrogen and oxygen atoms in total. The zero-order valence-electron chi connectivity index (χ0n) is 9.34. The summed E-state index contributed by atoms with van der Waals surface area (Å²) in [7, 11) is 0. The highest BCUT2D eigenvalue weighted by atomic mass is 16.1. The van der Waals surface area contributed by atoms with Crippen LogP contribution in [0.3, 0.4) is 0 Å². The van der Waals surface area contributed by atoms with Crippen LogP contribution in [0.2, 0.25) is 0 Å². The number of carbonyl (C=O) groups is 2. The number of rotatable bonds is 2. The van der Waals surface area contributed by atoms with E-state index in [-0.39, 0.29) is 11.8 Å². The van der Waals surface area contributed by atoms with Gasteiger partial charge in [-0.25, -0.2) is 0 Å². The minimum absolute atomic E-state index is 0.214. The Morgan fingerprint density at radius 1 is 0.800 bits per heavy atom. The number of carbonyl (C=O) groups excluding carboxylic acids is 2. The van der Waals surface area contributed by atoms with Crippen molar-refractivity contribution < 1.29 is 9.59 Å². The molecule has 0 spiro atoms. The molecule has 15 heavy (non-hydrogen) atoms. The first-order valence-corrected chi connectivity index (χ1v) is 6.33. The van der Waals surface area contributed by atoms with E-state index >= 15 is 0 Å². The molecule has 2 fully saturated rings. The van der Waals surface area contributed by atoms with E-state index in [4.69, 9.17) is 0 Å². The molecule has 0 bridgehead atoms. The molecule has 2 atom stereocenters. The molecule has 0 amide bonds. The normalized spacial score (nSPS) is 33.1. The summed E-state index contributed by atoms with van der Waals surface area (Å²) in [6.45, 7) is 0. The lowest BCUT2D eigenvalue weighted by molar-refractivity contribution is -0.128. The second kappa shape index (κ2) is 4.91. The molecule has 2 heteroatoms. The Labute approximate surface area is 91.4 Å². The van der Waals surface area contributed by atoms with Crippen molar-refractivity contribution >= 4 is 11.6 Å². The third-order valence-electron chi connectivity index (χ3n) is 3.93. The van der Waals surface area contributed by atoms with Crippen molar-refractivity contribution in [1.82, 2.24) is 0 Å². The van der Waals surface area contributed by atoms with Crippen molar-refractivity contribution in [3.63, 3.8) is 0 Å². The fraction of sp³-hybridized carbons (Fsp3) is 0.846. The molecule has 0 aliphatic heterocycles. The first-order chi connectivity index (χ1) is 7.27. The number of hydrogen-bond acceptors (Lipinski definition) is 2. The molecule has 2 aliphatic carbocycles.